The molecule has 2 aromatic rings. The van der Waals surface area contributed by atoms with E-state index in [0.717, 1.165) is 34.8 Å². The second kappa shape index (κ2) is 8.63. The van der Waals surface area contributed by atoms with E-state index in [4.69, 9.17) is 4.74 Å². The Bertz CT molecular complexity index is 736. The molecule has 0 saturated heterocycles. The summed E-state index contributed by atoms with van der Waals surface area (Å²) in [5, 5.41) is 3.22. The molecule has 138 valence electrons. The zero-order valence-electron chi connectivity index (χ0n) is 15.6. The molecular weight excluding hydrogens is 342 g/mol. The summed E-state index contributed by atoms with van der Waals surface area (Å²) in [5.41, 5.74) is 2.11. The van der Waals surface area contributed by atoms with Crippen LogP contribution >= 0.6 is 11.8 Å². The fourth-order valence-electron chi connectivity index (χ4n) is 3.84. The number of ether oxygens (including phenoxy) is 1. The van der Waals surface area contributed by atoms with E-state index in [9.17, 15) is 4.79 Å². The summed E-state index contributed by atoms with van der Waals surface area (Å²) < 4.78 is 5.28. The van der Waals surface area contributed by atoms with Gasteiger partial charge in [-0.05, 0) is 48.4 Å². The van der Waals surface area contributed by atoms with Gasteiger partial charge in [0.05, 0.1) is 12.7 Å². The van der Waals surface area contributed by atoms with Crippen LogP contribution in [0, 0.1) is 0 Å². The SMILES string of the molecule is CCSc1ccccc1C(=O)NCC1(c2ccc(OC)cc2)CCCC1. The summed E-state index contributed by atoms with van der Waals surface area (Å²) >= 11 is 1.71. The Hall–Kier alpha value is -1.94. The van der Waals surface area contributed by atoms with E-state index in [0.29, 0.717) is 6.54 Å². The van der Waals surface area contributed by atoms with E-state index in [2.05, 4.69) is 24.4 Å². The van der Waals surface area contributed by atoms with E-state index in [1.165, 1.54) is 18.4 Å². The Morgan fingerprint density at radius 3 is 2.46 bits per heavy atom. The number of rotatable bonds is 7. The Kier molecular flexibility index (Phi) is 6.25. The lowest BCUT2D eigenvalue weighted by Gasteiger charge is -2.30. The molecule has 1 aliphatic carbocycles. The average Bonchev–Trinajstić information content (AvgIpc) is 3.17. The number of hydrogen-bond donors (Lipinski definition) is 1. The number of thioether (sulfide) groups is 1. The van der Waals surface area contributed by atoms with Crippen molar-refractivity contribution in [3.05, 3.63) is 59.7 Å². The number of amides is 1. The Balaban J connectivity index is 1.76. The van der Waals surface area contributed by atoms with Gasteiger partial charge >= 0.3 is 0 Å². The standard InChI is InChI=1S/C22H27NO2S/c1-3-26-20-9-5-4-8-19(20)21(24)23-16-22(14-6-7-15-22)17-10-12-18(25-2)13-11-17/h4-5,8-13H,3,6-7,14-16H2,1-2H3,(H,23,24). The molecule has 0 radical (unpaired) electrons. The summed E-state index contributed by atoms with van der Waals surface area (Å²) in [4.78, 5) is 13.9. The van der Waals surface area contributed by atoms with Gasteiger partial charge in [0.2, 0.25) is 0 Å². The van der Waals surface area contributed by atoms with Gasteiger partial charge in [-0.1, -0.05) is 44.0 Å². The highest BCUT2D eigenvalue weighted by Gasteiger charge is 2.36. The largest absolute Gasteiger partial charge is 0.497 e. The third kappa shape index (κ3) is 4.07. The molecule has 1 amide bonds. The van der Waals surface area contributed by atoms with Crippen molar-refractivity contribution in [2.45, 2.75) is 42.9 Å². The molecule has 3 rings (SSSR count). The van der Waals surface area contributed by atoms with Crippen molar-refractivity contribution in [1.82, 2.24) is 5.32 Å². The minimum absolute atomic E-state index is 0.0290. The van der Waals surface area contributed by atoms with Crippen LogP contribution in [-0.4, -0.2) is 25.3 Å². The maximum Gasteiger partial charge on any atom is 0.252 e. The van der Waals surface area contributed by atoms with Crippen LogP contribution in [0.25, 0.3) is 0 Å². The normalized spacial score (nSPS) is 15.6. The molecule has 1 aliphatic rings. The van der Waals surface area contributed by atoms with Crippen molar-refractivity contribution < 1.29 is 9.53 Å². The molecule has 1 N–H and O–H groups in total. The predicted octanol–water partition coefficient (Wildman–Crippen LogP) is 5.05. The molecule has 4 heteroatoms. The summed E-state index contributed by atoms with van der Waals surface area (Å²) in [6.45, 7) is 2.79. The van der Waals surface area contributed by atoms with Crippen LogP contribution in [0.15, 0.2) is 53.4 Å². The van der Waals surface area contributed by atoms with Crippen LogP contribution in [-0.2, 0) is 5.41 Å². The number of carbonyl (C=O) groups excluding carboxylic acids is 1. The first-order chi connectivity index (χ1) is 12.7. The topological polar surface area (TPSA) is 38.3 Å². The number of hydrogen-bond acceptors (Lipinski definition) is 3. The van der Waals surface area contributed by atoms with Crippen molar-refractivity contribution >= 4 is 17.7 Å². The minimum atomic E-state index is 0.0290. The quantitative estimate of drug-likeness (QED) is 0.694. The average molecular weight is 370 g/mol. The van der Waals surface area contributed by atoms with Crippen LogP contribution in [0.4, 0.5) is 0 Å². The van der Waals surface area contributed by atoms with Gasteiger partial charge in [0.25, 0.3) is 5.91 Å². The van der Waals surface area contributed by atoms with E-state index in [-0.39, 0.29) is 11.3 Å². The molecule has 0 atom stereocenters. The number of nitrogens with one attached hydrogen (secondary N) is 1. The maximum absolute atomic E-state index is 12.8. The van der Waals surface area contributed by atoms with E-state index >= 15 is 0 Å². The van der Waals surface area contributed by atoms with Gasteiger partial charge in [-0.25, -0.2) is 0 Å². The van der Waals surface area contributed by atoms with Gasteiger partial charge in [0.1, 0.15) is 5.75 Å². The van der Waals surface area contributed by atoms with Crippen molar-refractivity contribution in [2.24, 2.45) is 0 Å². The molecule has 0 unspecified atom stereocenters. The first kappa shape index (κ1) is 18.8. The highest BCUT2D eigenvalue weighted by atomic mass is 32.2. The van der Waals surface area contributed by atoms with Gasteiger partial charge in [-0.2, -0.15) is 0 Å². The highest BCUT2D eigenvalue weighted by molar-refractivity contribution is 7.99. The van der Waals surface area contributed by atoms with Gasteiger partial charge in [-0.15, -0.1) is 11.8 Å². The van der Waals surface area contributed by atoms with Crippen LogP contribution < -0.4 is 10.1 Å². The lowest BCUT2D eigenvalue weighted by Crippen LogP contribution is -2.39. The first-order valence-electron chi connectivity index (χ1n) is 9.33. The van der Waals surface area contributed by atoms with Gasteiger partial charge in [0, 0.05) is 16.9 Å². The van der Waals surface area contributed by atoms with Crippen LogP contribution in [0.1, 0.15) is 48.5 Å². The molecule has 0 aliphatic heterocycles. The second-order valence-corrected chi connectivity index (χ2v) is 8.13. The summed E-state index contributed by atoms with van der Waals surface area (Å²) in [6.07, 6.45) is 4.66. The summed E-state index contributed by atoms with van der Waals surface area (Å²) in [5.74, 6) is 1.86. The van der Waals surface area contributed by atoms with E-state index in [1.54, 1.807) is 18.9 Å². The summed E-state index contributed by atoms with van der Waals surface area (Å²) in [7, 11) is 1.69. The second-order valence-electron chi connectivity index (χ2n) is 6.83. The third-order valence-corrected chi connectivity index (χ3v) is 6.24. The number of methoxy groups -OCH3 is 1. The Morgan fingerprint density at radius 2 is 1.81 bits per heavy atom. The zero-order valence-corrected chi connectivity index (χ0v) is 16.4. The van der Waals surface area contributed by atoms with Crippen molar-refractivity contribution in [3.8, 4) is 5.75 Å². The van der Waals surface area contributed by atoms with Crippen molar-refractivity contribution in [1.29, 1.82) is 0 Å². The smallest absolute Gasteiger partial charge is 0.252 e. The van der Waals surface area contributed by atoms with Gasteiger partial charge in [-0.3, -0.25) is 4.79 Å². The fourth-order valence-corrected chi connectivity index (χ4v) is 4.65. The monoisotopic (exact) mass is 369 g/mol. The van der Waals surface area contributed by atoms with E-state index < -0.39 is 0 Å². The number of carbonyl (C=O) groups is 1. The fraction of sp³-hybridized carbons (Fsp3) is 0.409. The van der Waals surface area contributed by atoms with E-state index in [1.807, 2.05) is 36.4 Å². The molecule has 26 heavy (non-hydrogen) atoms. The zero-order chi connectivity index (χ0) is 18.4. The molecular formula is C22H27NO2S. The molecule has 0 aromatic heterocycles. The summed E-state index contributed by atoms with van der Waals surface area (Å²) in [6, 6.07) is 16.2. The first-order valence-corrected chi connectivity index (χ1v) is 10.3. The minimum Gasteiger partial charge on any atom is -0.497 e. The molecule has 3 nitrogen and oxygen atoms in total. The molecule has 0 heterocycles. The van der Waals surface area contributed by atoms with Gasteiger partial charge in [0.15, 0.2) is 0 Å². The molecule has 0 spiro atoms. The molecule has 1 fully saturated rings. The lowest BCUT2D eigenvalue weighted by molar-refractivity contribution is 0.0940. The number of benzene rings is 2. The third-order valence-electron chi connectivity index (χ3n) is 5.28. The molecule has 1 saturated carbocycles. The molecule has 0 bridgehead atoms. The van der Waals surface area contributed by atoms with Crippen molar-refractivity contribution in [2.75, 3.05) is 19.4 Å². The van der Waals surface area contributed by atoms with Crippen LogP contribution in [0.3, 0.4) is 0 Å². The maximum atomic E-state index is 12.8. The van der Waals surface area contributed by atoms with Crippen LogP contribution in [0.5, 0.6) is 5.75 Å². The Labute approximate surface area is 160 Å². The molecule has 2 aromatic carbocycles. The van der Waals surface area contributed by atoms with Crippen LogP contribution in [0.2, 0.25) is 0 Å². The Morgan fingerprint density at radius 1 is 1.12 bits per heavy atom. The highest BCUT2D eigenvalue weighted by Crippen LogP contribution is 2.41. The lowest BCUT2D eigenvalue weighted by atomic mass is 9.78. The predicted molar refractivity (Wildman–Crippen MR) is 108 cm³/mol. The van der Waals surface area contributed by atoms with Gasteiger partial charge < -0.3 is 10.1 Å². The van der Waals surface area contributed by atoms with Crippen molar-refractivity contribution in [3.63, 3.8) is 0 Å².